The Kier molecular flexibility index (Phi) is 6.13. The van der Waals surface area contributed by atoms with Crippen molar-refractivity contribution in [2.45, 2.75) is 11.6 Å². The fraction of sp³-hybridized carbons (Fsp3) is 0.176. The third-order valence-corrected chi connectivity index (χ3v) is 5.10. The van der Waals surface area contributed by atoms with Crippen molar-refractivity contribution in [1.29, 1.82) is 0 Å². The highest BCUT2D eigenvalue weighted by molar-refractivity contribution is 7.99. The molecule has 3 rings (SSSR count). The quantitative estimate of drug-likeness (QED) is 0.380. The van der Waals surface area contributed by atoms with Crippen LogP contribution < -0.4 is 15.8 Å². The van der Waals surface area contributed by atoms with Crippen molar-refractivity contribution in [3.63, 3.8) is 0 Å². The van der Waals surface area contributed by atoms with Crippen LogP contribution in [-0.2, 0) is 0 Å². The summed E-state index contributed by atoms with van der Waals surface area (Å²) in [7, 11) is 0. The molecule has 0 atom stereocenters. The molecule has 0 aliphatic rings. The molecule has 2 aromatic carbocycles. The molecule has 0 spiro atoms. The Labute approximate surface area is 164 Å². The van der Waals surface area contributed by atoms with Crippen molar-refractivity contribution in [2.24, 2.45) is 5.73 Å². The van der Waals surface area contributed by atoms with Gasteiger partial charge in [-0.15, -0.1) is 0 Å². The van der Waals surface area contributed by atoms with Gasteiger partial charge >= 0.3 is 6.03 Å². The fourth-order valence-electron chi connectivity index (χ4n) is 2.24. The van der Waals surface area contributed by atoms with Crippen molar-refractivity contribution in [1.82, 2.24) is 9.97 Å². The molecular formula is C17H16Cl2N4O2S. The number of nitrogens with one attached hydrogen (secondary N) is 2. The van der Waals surface area contributed by atoms with Crippen LogP contribution in [0.5, 0.6) is 5.75 Å². The number of anilines is 1. The minimum atomic E-state index is -0.592. The van der Waals surface area contributed by atoms with Gasteiger partial charge < -0.3 is 20.8 Å². The van der Waals surface area contributed by atoms with Crippen LogP contribution in [-0.4, -0.2) is 28.4 Å². The number of amides is 2. The van der Waals surface area contributed by atoms with Gasteiger partial charge in [-0.05, 0) is 42.8 Å². The van der Waals surface area contributed by atoms with E-state index in [9.17, 15) is 4.79 Å². The Morgan fingerprint density at radius 3 is 2.69 bits per heavy atom. The summed E-state index contributed by atoms with van der Waals surface area (Å²) in [6, 6.07) is 9.97. The minimum Gasteiger partial charge on any atom is -0.494 e. The highest BCUT2D eigenvalue weighted by atomic mass is 35.5. The number of benzene rings is 2. The summed E-state index contributed by atoms with van der Waals surface area (Å²) >= 11 is 13.6. The second kappa shape index (κ2) is 8.53. The van der Waals surface area contributed by atoms with E-state index in [1.807, 2.05) is 0 Å². The third kappa shape index (κ3) is 4.97. The second-order valence-electron chi connectivity index (χ2n) is 5.39. The molecule has 4 N–H and O–H groups in total. The standard InChI is InChI=1S/C17H16Cl2N4O2S/c18-12-8-14-15(9-13(12)19)23-17(22-14)26-7-1-6-25-11-4-2-10(3-5-11)21-16(20)24/h2-5,8-9H,1,6-7H2,(H,22,23)(H3,20,21,24). The number of H-pyrrole nitrogens is 1. The Morgan fingerprint density at radius 1 is 1.23 bits per heavy atom. The zero-order valence-electron chi connectivity index (χ0n) is 13.6. The van der Waals surface area contributed by atoms with Crippen LogP contribution in [0.1, 0.15) is 6.42 Å². The van der Waals surface area contributed by atoms with Crippen molar-refractivity contribution >= 4 is 57.7 Å². The molecule has 0 aliphatic heterocycles. The first kappa shape index (κ1) is 18.7. The van der Waals surface area contributed by atoms with Crippen molar-refractivity contribution in [3.8, 4) is 5.75 Å². The number of carbonyl (C=O) groups is 1. The minimum absolute atomic E-state index is 0.493. The lowest BCUT2D eigenvalue weighted by molar-refractivity contribution is 0.259. The van der Waals surface area contributed by atoms with E-state index in [0.717, 1.165) is 34.1 Å². The Balaban J connectivity index is 1.43. The second-order valence-corrected chi connectivity index (χ2v) is 7.29. The SMILES string of the molecule is NC(=O)Nc1ccc(OCCCSc2nc3cc(Cl)c(Cl)cc3[nH]2)cc1. The fourth-order valence-corrected chi connectivity index (χ4v) is 3.37. The van der Waals surface area contributed by atoms with Gasteiger partial charge in [0.2, 0.25) is 0 Å². The first-order valence-corrected chi connectivity index (χ1v) is 9.52. The van der Waals surface area contributed by atoms with Crippen LogP contribution in [0.25, 0.3) is 11.0 Å². The van der Waals surface area contributed by atoms with Gasteiger partial charge in [0.25, 0.3) is 0 Å². The Morgan fingerprint density at radius 2 is 1.96 bits per heavy atom. The normalized spacial score (nSPS) is 10.8. The number of hydrogen-bond donors (Lipinski definition) is 3. The van der Waals surface area contributed by atoms with Gasteiger partial charge in [0.1, 0.15) is 5.75 Å². The predicted molar refractivity (Wildman–Crippen MR) is 107 cm³/mol. The van der Waals surface area contributed by atoms with Gasteiger partial charge in [-0.3, -0.25) is 0 Å². The Hall–Kier alpha value is -2.09. The van der Waals surface area contributed by atoms with Crippen molar-refractivity contribution in [3.05, 3.63) is 46.4 Å². The molecule has 0 aliphatic carbocycles. The van der Waals surface area contributed by atoms with E-state index in [1.165, 1.54) is 0 Å². The number of fused-ring (bicyclic) bond motifs is 1. The van der Waals surface area contributed by atoms with E-state index < -0.39 is 6.03 Å². The zero-order valence-corrected chi connectivity index (χ0v) is 15.9. The maximum atomic E-state index is 10.8. The van der Waals surface area contributed by atoms with Gasteiger partial charge in [-0.25, -0.2) is 9.78 Å². The van der Waals surface area contributed by atoms with Crippen LogP contribution in [0, 0.1) is 0 Å². The van der Waals surface area contributed by atoms with Gasteiger partial charge in [-0.1, -0.05) is 35.0 Å². The van der Waals surface area contributed by atoms with E-state index >= 15 is 0 Å². The zero-order chi connectivity index (χ0) is 18.5. The van der Waals surface area contributed by atoms with E-state index in [0.29, 0.717) is 22.3 Å². The first-order valence-electron chi connectivity index (χ1n) is 7.78. The maximum Gasteiger partial charge on any atom is 0.316 e. The number of rotatable bonds is 7. The highest BCUT2D eigenvalue weighted by Crippen LogP contribution is 2.28. The molecule has 0 unspecified atom stereocenters. The summed E-state index contributed by atoms with van der Waals surface area (Å²) in [5.74, 6) is 1.58. The van der Waals surface area contributed by atoms with Crippen LogP contribution in [0.3, 0.4) is 0 Å². The molecule has 9 heteroatoms. The number of aromatic nitrogens is 2. The molecule has 1 aromatic heterocycles. The van der Waals surface area contributed by atoms with Crippen LogP contribution in [0.4, 0.5) is 10.5 Å². The molecule has 3 aromatic rings. The summed E-state index contributed by atoms with van der Waals surface area (Å²) < 4.78 is 5.67. The monoisotopic (exact) mass is 410 g/mol. The van der Waals surface area contributed by atoms with Gasteiger partial charge in [0, 0.05) is 11.4 Å². The number of primary amides is 1. The first-order chi connectivity index (χ1) is 12.5. The Bertz CT molecular complexity index is 876. The molecule has 2 amide bonds. The molecule has 0 saturated carbocycles. The van der Waals surface area contributed by atoms with Gasteiger partial charge in [0.05, 0.1) is 27.7 Å². The maximum absolute atomic E-state index is 10.8. The molecule has 0 fully saturated rings. The lowest BCUT2D eigenvalue weighted by Gasteiger charge is -2.07. The average molecular weight is 411 g/mol. The van der Waals surface area contributed by atoms with Crippen LogP contribution in [0.2, 0.25) is 10.0 Å². The lowest BCUT2D eigenvalue weighted by Crippen LogP contribution is -2.19. The summed E-state index contributed by atoms with van der Waals surface area (Å²) in [6.07, 6.45) is 0.852. The average Bonchev–Trinajstić information content (AvgIpc) is 2.97. The predicted octanol–water partition coefficient (Wildman–Crippen LogP) is 4.92. The number of carbonyl (C=O) groups excluding carboxylic acids is 1. The third-order valence-electron chi connectivity index (χ3n) is 3.42. The van der Waals surface area contributed by atoms with Crippen LogP contribution in [0.15, 0.2) is 41.6 Å². The number of urea groups is 1. The summed E-state index contributed by atoms with van der Waals surface area (Å²) in [6.45, 7) is 0.577. The van der Waals surface area contributed by atoms with Gasteiger partial charge in [0.15, 0.2) is 5.16 Å². The molecule has 0 saturated heterocycles. The summed E-state index contributed by atoms with van der Waals surface area (Å²) in [4.78, 5) is 18.5. The molecule has 26 heavy (non-hydrogen) atoms. The van der Waals surface area contributed by atoms with E-state index in [4.69, 9.17) is 33.7 Å². The number of imidazole rings is 1. The summed E-state index contributed by atoms with van der Waals surface area (Å²) in [5.41, 5.74) is 7.35. The van der Waals surface area contributed by atoms with E-state index in [2.05, 4.69) is 15.3 Å². The lowest BCUT2D eigenvalue weighted by atomic mass is 10.3. The largest absolute Gasteiger partial charge is 0.494 e. The molecule has 0 radical (unpaired) electrons. The van der Waals surface area contributed by atoms with Gasteiger partial charge in [-0.2, -0.15) is 0 Å². The molecule has 1 heterocycles. The number of halogens is 2. The smallest absolute Gasteiger partial charge is 0.316 e. The summed E-state index contributed by atoms with van der Waals surface area (Å²) in [5, 5.41) is 4.31. The van der Waals surface area contributed by atoms with Crippen molar-refractivity contribution < 1.29 is 9.53 Å². The molecule has 6 nitrogen and oxygen atoms in total. The highest BCUT2D eigenvalue weighted by Gasteiger charge is 2.07. The van der Waals surface area contributed by atoms with Crippen molar-refractivity contribution in [2.75, 3.05) is 17.7 Å². The number of hydrogen-bond acceptors (Lipinski definition) is 4. The molecular weight excluding hydrogens is 395 g/mol. The number of ether oxygens (including phenoxy) is 1. The molecule has 136 valence electrons. The number of nitrogens with zero attached hydrogens (tertiary/aromatic N) is 1. The van der Waals surface area contributed by atoms with Crippen LogP contribution >= 0.6 is 35.0 Å². The number of nitrogens with two attached hydrogens (primary N) is 1. The van der Waals surface area contributed by atoms with E-state index in [-0.39, 0.29) is 0 Å². The molecule has 0 bridgehead atoms. The number of thioether (sulfide) groups is 1. The topological polar surface area (TPSA) is 93.0 Å². The van der Waals surface area contributed by atoms with E-state index in [1.54, 1.807) is 48.2 Å². The number of aromatic amines is 1.